The summed E-state index contributed by atoms with van der Waals surface area (Å²) in [6, 6.07) is 3.13. The highest BCUT2D eigenvalue weighted by Gasteiger charge is 2.51. The number of carbonyl (C=O) groups excluding carboxylic acids is 3. The standard InChI is InChI=1S/C15H18BrN5O3/c1-20-12(22)15(19-14(20)24)4-6-21(7-5-15)13(23)18-9-11-3-2-10(16)8-17-11/h2-3,8H,4-7,9H2,1H3,(H,18,23)(H,19,24). The molecule has 0 atom stereocenters. The third kappa shape index (κ3) is 3.08. The fraction of sp³-hybridized carbons (Fsp3) is 0.467. The quantitative estimate of drug-likeness (QED) is 0.732. The summed E-state index contributed by atoms with van der Waals surface area (Å²) in [5.41, 5.74) is -0.0875. The summed E-state index contributed by atoms with van der Waals surface area (Å²) >= 11 is 3.31. The minimum atomic E-state index is -0.851. The summed E-state index contributed by atoms with van der Waals surface area (Å²) in [5, 5.41) is 5.58. The fourth-order valence-corrected chi connectivity index (χ4v) is 3.21. The Morgan fingerprint density at radius 3 is 2.62 bits per heavy atom. The van der Waals surface area contributed by atoms with Crippen LogP contribution >= 0.6 is 15.9 Å². The predicted molar refractivity (Wildman–Crippen MR) is 89.0 cm³/mol. The van der Waals surface area contributed by atoms with Crippen LogP contribution in [-0.4, -0.2) is 58.4 Å². The number of aromatic nitrogens is 1. The predicted octanol–water partition coefficient (Wildman–Crippen LogP) is 1.07. The van der Waals surface area contributed by atoms with Crippen molar-refractivity contribution in [2.24, 2.45) is 0 Å². The molecule has 2 aliphatic rings. The van der Waals surface area contributed by atoms with Crippen LogP contribution in [-0.2, 0) is 11.3 Å². The summed E-state index contributed by atoms with van der Waals surface area (Å²) in [4.78, 5) is 43.1. The number of rotatable bonds is 2. The van der Waals surface area contributed by atoms with Crippen molar-refractivity contribution in [3.05, 3.63) is 28.5 Å². The number of imide groups is 1. The van der Waals surface area contributed by atoms with Gasteiger partial charge in [0.1, 0.15) is 5.54 Å². The average molecular weight is 396 g/mol. The fourth-order valence-electron chi connectivity index (χ4n) is 2.97. The van der Waals surface area contributed by atoms with Gasteiger partial charge >= 0.3 is 12.1 Å². The van der Waals surface area contributed by atoms with Gasteiger partial charge < -0.3 is 15.5 Å². The second-order valence-corrected chi connectivity index (χ2v) is 6.91. The third-order valence-electron chi connectivity index (χ3n) is 4.48. The number of likely N-dealkylation sites (N-methyl/N-ethyl adjacent to an activating group) is 1. The van der Waals surface area contributed by atoms with E-state index in [2.05, 4.69) is 31.5 Å². The molecule has 0 aliphatic carbocycles. The zero-order valence-electron chi connectivity index (χ0n) is 13.2. The Hall–Kier alpha value is -2.16. The molecule has 3 heterocycles. The van der Waals surface area contributed by atoms with Gasteiger partial charge in [0.05, 0.1) is 12.2 Å². The molecule has 24 heavy (non-hydrogen) atoms. The van der Waals surface area contributed by atoms with Crippen LogP contribution in [0, 0.1) is 0 Å². The molecule has 8 nitrogen and oxygen atoms in total. The smallest absolute Gasteiger partial charge is 0.324 e. The number of carbonyl (C=O) groups is 3. The average Bonchev–Trinajstić information content (AvgIpc) is 2.79. The lowest BCUT2D eigenvalue weighted by atomic mass is 9.87. The minimum Gasteiger partial charge on any atom is -0.332 e. The van der Waals surface area contributed by atoms with Crippen LogP contribution in [0.25, 0.3) is 0 Å². The molecule has 1 spiro atoms. The van der Waals surface area contributed by atoms with Crippen LogP contribution in [0.3, 0.4) is 0 Å². The molecule has 0 unspecified atom stereocenters. The van der Waals surface area contributed by atoms with Crippen LogP contribution in [0.4, 0.5) is 9.59 Å². The van der Waals surface area contributed by atoms with Gasteiger partial charge in [0.15, 0.2) is 0 Å². The number of amides is 5. The van der Waals surface area contributed by atoms with E-state index in [0.717, 1.165) is 15.1 Å². The molecular formula is C15H18BrN5O3. The molecule has 2 N–H and O–H groups in total. The Bertz CT molecular complexity index is 670. The van der Waals surface area contributed by atoms with Crippen molar-refractivity contribution in [3.63, 3.8) is 0 Å². The maximum Gasteiger partial charge on any atom is 0.324 e. The molecule has 1 aromatic rings. The number of piperidine rings is 1. The van der Waals surface area contributed by atoms with Gasteiger partial charge in [-0.25, -0.2) is 9.59 Å². The first-order chi connectivity index (χ1) is 11.4. The Labute approximate surface area is 147 Å². The van der Waals surface area contributed by atoms with Crippen LogP contribution in [0.2, 0.25) is 0 Å². The molecule has 2 saturated heterocycles. The van der Waals surface area contributed by atoms with Gasteiger partial charge in [0.25, 0.3) is 5.91 Å². The monoisotopic (exact) mass is 395 g/mol. The van der Waals surface area contributed by atoms with Crippen molar-refractivity contribution in [2.45, 2.75) is 24.9 Å². The van der Waals surface area contributed by atoms with Gasteiger partial charge in [0, 0.05) is 30.8 Å². The first-order valence-electron chi connectivity index (χ1n) is 7.65. The van der Waals surface area contributed by atoms with Crippen LogP contribution in [0.15, 0.2) is 22.8 Å². The molecule has 5 amide bonds. The highest BCUT2D eigenvalue weighted by atomic mass is 79.9. The largest absolute Gasteiger partial charge is 0.332 e. The zero-order chi connectivity index (χ0) is 17.3. The number of pyridine rings is 1. The zero-order valence-corrected chi connectivity index (χ0v) is 14.8. The van der Waals surface area contributed by atoms with Crippen molar-refractivity contribution in [1.82, 2.24) is 25.4 Å². The highest BCUT2D eigenvalue weighted by molar-refractivity contribution is 9.10. The number of nitrogens with one attached hydrogen (secondary N) is 2. The van der Waals surface area contributed by atoms with E-state index in [9.17, 15) is 14.4 Å². The molecule has 0 saturated carbocycles. The molecule has 2 aliphatic heterocycles. The van der Waals surface area contributed by atoms with E-state index in [1.807, 2.05) is 12.1 Å². The van der Waals surface area contributed by atoms with Crippen molar-refractivity contribution >= 4 is 33.9 Å². The minimum absolute atomic E-state index is 0.195. The van der Waals surface area contributed by atoms with Crippen LogP contribution in [0.5, 0.6) is 0 Å². The van der Waals surface area contributed by atoms with Gasteiger partial charge in [-0.2, -0.15) is 0 Å². The van der Waals surface area contributed by atoms with E-state index in [-0.39, 0.29) is 18.0 Å². The normalized spacial score (nSPS) is 19.6. The summed E-state index contributed by atoms with van der Waals surface area (Å²) in [6.07, 6.45) is 2.52. The summed E-state index contributed by atoms with van der Waals surface area (Å²) in [7, 11) is 1.47. The van der Waals surface area contributed by atoms with E-state index in [0.29, 0.717) is 32.5 Å². The van der Waals surface area contributed by atoms with Crippen molar-refractivity contribution in [2.75, 3.05) is 20.1 Å². The molecule has 0 aromatic carbocycles. The highest BCUT2D eigenvalue weighted by Crippen LogP contribution is 2.28. The van der Waals surface area contributed by atoms with E-state index in [4.69, 9.17) is 0 Å². The Morgan fingerprint density at radius 1 is 1.38 bits per heavy atom. The Morgan fingerprint density at radius 2 is 2.08 bits per heavy atom. The number of hydrogen-bond acceptors (Lipinski definition) is 4. The molecule has 0 radical (unpaired) electrons. The first kappa shape index (κ1) is 16.7. The van der Waals surface area contributed by atoms with Gasteiger partial charge in [0.2, 0.25) is 0 Å². The van der Waals surface area contributed by atoms with E-state index < -0.39 is 5.54 Å². The maximum atomic E-state index is 12.2. The van der Waals surface area contributed by atoms with Crippen LogP contribution < -0.4 is 10.6 Å². The summed E-state index contributed by atoms with van der Waals surface area (Å²) in [5.74, 6) is -0.216. The van der Waals surface area contributed by atoms with Gasteiger partial charge in [-0.3, -0.25) is 14.7 Å². The number of nitrogens with zero attached hydrogens (tertiary/aromatic N) is 3. The second-order valence-electron chi connectivity index (χ2n) is 5.99. The Kier molecular flexibility index (Phi) is 4.44. The molecule has 3 rings (SSSR count). The number of urea groups is 2. The first-order valence-corrected chi connectivity index (χ1v) is 8.44. The second kappa shape index (κ2) is 6.39. The third-order valence-corrected chi connectivity index (χ3v) is 4.95. The number of halogens is 1. The van der Waals surface area contributed by atoms with Crippen LogP contribution in [0.1, 0.15) is 18.5 Å². The Balaban J connectivity index is 1.53. The van der Waals surface area contributed by atoms with Gasteiger partial charge in [-0.15, -0.1) is 0 Å². The maximum absolute atomic E-state index is 12.2. The SMILES string of the molecule is CN1C(=O)NC2(CCN(C(=O)NCc3ccc(Br)cn3)CC2)C1=O. The van der Waals surface area contributed by atoms with E-state index in [1.165, 1.54) is 7.05 Å². The topological polar surface area (TPSA) is 94.6 Å². The lowest BCUT2D eigenvalue weighted by Crippen LogP contribution is -2.57. The molecule has 1 aromatic heterocycles. The molecule has 2 fully saturated rings. The molecular weight excluding hydrogens is 378 g/mol. The molecule has 128 valence electrons. The summed E-state index contributed by atoms with van der Waals surface area (Å²) < 4.78 is 0.882. The number of likely N-dealkylation sites (tertiary alicyclic amines) is 1. The van der Waals surface area contributed by atoms with Crippen molar-refractivity contribution in [3.8, 4) is 0 Å². The molecule has 9 heteroatoms. The molecule has 0 bridgehead atoms. The summed E-state index contributed by atoms with van der Waals surface area (Å²) in [6.45, 7) is 1.17. The van der Waals surface area contributed by atoms with Gasteiger partial charge in [-0.05, 0) is 40.9 Å². The number of hydrogen-bond donors (Lipinski definition) is 2. The van der Waals surface area contributed by atoms with Crippen molar-refractivity contribution in [1.29, 1.82) is 0 Å². The lowest BCUT2D eigenvalue weighted by molar-refractivity contribution is -0.131. The van der Waals surface area contributed by atoms with E-state index >= 15 is 0 Å². The van der Waals surface area contributed by atoms with E-state index in [1.54, 1.807) is 11.1 Å². The van der Waals surface area contributed by atoms with Gasteiger partial charge in [-0.1, -0.05) is 0 Å². The van der Waals surface area contributed by atoms with Crippen molar-refractivity contribution < 1.29 is 14.4 Å². The lowest BCUT2D eigenvalue weighted by Gasteiger charge is -2.37.